The molecule has 0 bridgehead atoms. The lowest BCUT2D eigenvalue weighted by Gasteiger charge is -2.46. The molecule has 0 radical (unpaired) electrons. The topological polar surface area (TPSA) is 35.6 Å². The molecule has 4 nitrogen and oxygen atoms in total. The fraction of sp³-hybridized carbons (Fsp3) is 0.696. The highest BCUT2D eigenvalue weighted by atomic mass is 35.5. The maximum atomic E-state index is 12.9. The molecule has 2 aliphatic heterocycles. The maximum absolute atomic E-state index is 12.9. The van der Waals surface area contributed by atoms with E-state index in [0.717, 1.165) is 43.8 Å². The Labute approximate surface area is 175 Å². The molecule has 1 aromatic rings. The smallest absolute Gasteiger partial charge is 0.247 e. The number of nitrogens with zero attached hydrogens (tertiary/aromatic N) is 2. The van der Waals surface area contributed by atoms with Gasteiger partial charge >= 0.3 is 0 Å². The van der Waals surface area contributed by atoms with Crippen LogP contribution < -0.4 is 10.2 Å². The molecular weight excluding hydrogens is 370 g/mol. The van der Waals surface area contributed by atoms with E-state index in [-0.39, 0.29) is 23.9 Å². The molecule has 154 valence electrons. The van der Waals surface area contributed by atoms with E-state index in [1.54, 1.807) is 0 Å². The molecule has 28 heavy (non-hydrogen) atoms. The Morgan fingerprint density at radius 3 is 2.46 bits per heavy atom. The zero-order valence-corrected chi connectivity index (χ0v) is 17.6. The molecule has 0 aromatic heterocycles. The third kappa shape index (κ3) is 3.33. The van der Waals surface area contributed by atoms with Crippen molar-refractivity contribution in [1.82, 2.24) is 10.2 Å². The minimum absolute atomic E-state index is 0. The molecule has 1 unspecified atom stereocenters. The van der Waals surface area contributed by atoms with Gasteiger partial charge in [0.15, 0.2) is 0 Å². The number of carbonyl (C=O) groups excluding carboxylic acids is 1. The Hall–Kier alpha value is -1.26. The molecule has 1 aromatic carbocycles. The Morgan fingerprint density at radius 1 is 0.929 bits per heavy atom. The van der Waals surface area contributed by atoms with Gasteiger partial charge in [0.25, 0.3) is 0 Å². The van der Waals surface area contributed by atoms with Crippen molar-refractivity contribution in [3.8, 4) is 0 Å². The first-order valence-corrected chi connectivity index (χ1v) is 11.1. The van der Waals surface area contributed by atoms with Gasteiger partial charge in [-0.05, 0) is 56.1 Å². The van der Waals surface area contributed by atoms with E-state index < -0.39 is 0 Å². The molecule has 4 fully saturated rings. The summed E-state index contributed by atoms with van der Waals surface area (Å²) in [5.41, 5.74) is 0.841. The van der Waals surface area contributed by atoms with E-state index in [1.807, 2.05) is 6.07 Å². The first kappa shape index (κ1) is 20.0. The Kier molecular flexibility index (Phi) is 5.89. The van der Waals surface area contributed by atoms with Crippen LogP contribution in [0.4, 0.5) is 5.69 Å². The first-order valence-electron chi connectivity index (χ1n) is 11.1. The van der Waals surface area contributed by atoms with Gasteiger partial charge in [-0.15, -0.1) is 12.4 Å². The van der Waals surface area contributed by atoms with Crippen LogP contribution in [0.15, 0.2) is 30.3 Å². The summed E-state index contributed by atoms with van der Waals surface area (Å²) in [4.78, 5) is 18.0. The van der Waals surface area contributed by atoms with Gasteiger partial charge in [-0.2, -0.15) is 0 Å². The van der Waals surface area contributed by atoms with Gasteiger partial charge < -0.3 is 10.2 Å². The van der Waals surface area contributed by atoms with Crippen LogP contribution in [-0.4, -0.2) is 42.1 Å². The third-order valence-corrected chi connectivity index (χ3v) is 8.04. The van der Waals surface area contributed by atoms with Crippen LogP contribution >= 0.6 is 12.4 Å². The second-order valence-electron chi connectivity index (χ2n) is 9.20. The van der Waals surface area contributed by atoms with Crippen molar-refractivity contribution in [2.75, 3.05) is 24.7 Å². The third-order valence-electron chi connectivity index (χ3n) is 8.04. The average molecular weight is 404 g/mol. The lowest BCUT2D eigenvalue weighted by molar-refractivity contribution is -0.125. The van der Waals surface area contributed by atoms with Crippen molar-refractivity contribution in [2.45, 2.75) is 69.4 Å². The summed E-state index contributed by atoms with van der Waals surface area (Å²) in [6.45, 7) is 2.80. The number of piperidine rings is 1. The summed E-state index contributed by atoms with van der Waals surface area (Å²) in [6, 6.07) is 11.3. The highest BCUT2D eigenvalue weighted by molar-refractivity contribution is 5.93. The number of amides is 1. The Bertz CT molecular complexity index is 674. The minimum Gasteiger partial charge on any atom is -0.339 e. The van der Waals surface area contributed by atoms with E-state index in [2.05, 4.69) is 39.4 Å². The van der Waals surface area contributed by atoms with Crippen LogP contribution in [0.25, 0.3) is 0 Å². The second kappa shape index (κ2) is 8.23. The highest BCUT2D eigenvalue weighted by Crippen LogP contribution is 2.45. The summed E-state index contributed by atoms with van der Waals surface area (Å²) in [7, 11) is 0. The van der Waals surface area contributed by atoms with E-state index in [9.17, 15) is 4.79 Å². The summed E-state index contributed by atoms with van der Waals surface area (Å²) in [6.07, 6.45) is 12.0. The predicted octanol–water partition coefficient (Wildman–Crippen LogP) is 4.20. The fourth-order valence-corrected chi connectivity index (χ4v) is 6.59. The van der Waals surface area contributed by atoms with E-state index in [0.29, 0.717) is 6.67 Å². The molecule has 1 amide bonds. The highest BCUT2D eigenvalue weighted by Gasteiger charge is 2.52. The normalized spacial score (nSPS) is 32.5. The molecule has 2 saturated heterocycles. The zero-order chi connectivity index (χ0) is 18.3. The summed E-state index contributed by atoms with van der Waals surface area (Å²) < 4.78 is 0. The number of benzene rings is 1. The number of hydrogen-bond donors (Lipinski definition) is 1. The zero-order valence-electron chi connectivity index (χ0n) is 16.8. The van der Waals surface area contributed by atoms with E-state index >= 15 is 0 Å². The SMILES string of the molecule is Cl.O=C1NCN(c2ccccc2)C12CCN(C1CC[C@H]3CCCCC[C@@H]13)CC2. The van der Waals surface area contributed by atoms with Crippen molar-refractivity contribution in [2.24, 2.45) is 11.8 Å². The van der Waals surface area contributed by atoms with Crippen molar-refractivity contribution in [1.29, 1.82) is 0 Å². The maximum Gasteiger partial charge on any atom is 0.247 e. The number of hydrogen-bond acceptors (Lipinski definition) is 3. The monoisotopic (exact) mass is 403 g/mol. The number of likely N-dealkylation sites (tertiary alicyclic amines) is 1. The van der Waals surface area contributed by atoms with Gasteiger partial charge in [0.05, 0.1) is 6.67 Å². The molecule has 4 aliphatic rings. The van der Waals surface area contributed by atoms with Crippen molar-refractivity contribution >= 4 is 24.0 Å². The summed E-state index contributed by atoms with van der Waals surface area (Å²) in [5.74, 6) is 2.14. The second-order valence-corrected chi connectivity index (χ2v) is 9.20. The van der Waals surface area contributed by atoms with Crippen LogP contribution in [0, 0.1) is 11.8 Å². The number of para-hydroxylation sites is 1. The molecular formula is C23H34ClN3O. The minimum atomic E-state index is -0.334. The molecule has 2 saturated carbocycles. The lowest BCUT2D eigenvalue weighted by atomic mass is 9.83. The van der Waals surface area contributed by atoms with E-state index in [4.69, 9.17) is 0 Å². The van der Waals surface area contributed by atoms with Gasteiger partial charge in [0.2, 0.25) is 5.91 Å². The summed E-state index contributed by atoms with van der Waals surface area (Å²) >= 11 is 0. The van der Waals surface area contributed by atoms with Gasteiger partial charge in [0.1, 0.15) is 5.54 Å². The molecule has 3 atom stereocenters. The standard InChI is InChI=1S/C23H33N3O.ClH/c27-22-23(26(17-24-22)19-8-4-2-5-9-19)13-15-25(16-14-23)21-12-11-18-7-3-1-6-10-20(18)21;/h2,4-5,8-9,18,20-21H,1,3,6-7,10-17H2,(H,24,27);1H/t18-,20-,21?;/m1./s1. The quantitative estimate of drug-likeness (QED) is 0.803. The van der Waals surface area contributed by atoms with E-state index in [1.165, 1.54) is 50.6 Å². The van der Waals surface area contributed by atoms with Gasteiger partial charge in [0, 0.05) is 24.8 Å². The van der Waals surface area contributed by atoms with Crippen LogP contribution in [-0.2, 0) is 4.79 Å². The van der Waals surface area contributed by atoms with Crippen LogP contribution in [0.3, 0.4) is 0 Å². The lowest BCUT2D eigenvalue weighted by Crippen LogP contribution is -2.58. The van der Waals surface area contributed by atoms with Crippen LogP contribution in [0.5, 0.6) is 0 Å². The fourth-order valence-electron chi connectivity index (χ4n) is 6.59. The number of nitrogens with one attached hydrogen (secondary N) is 1. The van der Waals surface area contributed by atoms with Crippen LogP contribution in [0.1, 0.15) is 57.8 Å². The number of carbonyl (C=O) groups is 1. The number of anilines is 1. The molecule has 1 N–H and O–H groups in total. The Morgan fingerprint density at radius 2 is 1.68 bits per heavy atom. The van der Waals surface area contributed by atoms with Gasteiger partial charge in [-0.25, -0.2) is 0 Å². The first-order chi connectivity index (χ1) is 13.3. The largest absolute Gasteiger partial charge is 0.339 e. The average Bonchev–Trinajstić information content (AvgIpc) is 3.15. The van der Waals surface area contributed by atoms with Crippen molar-refractivity contribution in [3.05, 3.63) is 30.3 Å². The Balaban J connectivity index is 0.00000192. The molecule has 5 heteroatoms. The van der Waals surface area contributed by atoms with Crippen molar-refractivity contribution < 1.29 is 4.79 Å². The predicted molar refractivity (Wildman–Crippen MR) is 116 cm³/mol. The molecule has 5 rings (SSSR count). The number of halogens is 1. The number of fused-ring (bicyclic) bond motifs is 1. The van der Waals surface area contributed by atoms with Crippen molar-refractivity contribution in [3.63, 3.8) is 0 Å². The van der Waals surface area contributed by atoms with Crippen LogP contribution in [0.2, 0.25) is 0 Å². The molecule has 1 spiro atoms. The van der Waals surface area contributed by atoms with Gasteiger partial charge in [-0.3, -0.25) is 9.69 Å². The molecule has 2 heterocycles. The summed E-state index contributed by atoms with van der Waals surface area (Å²) in [5, 5.41) is 3.14. The van der Waals surface area contributed by atoms with Gasteiger partial charge in [-0.1, -0.05) is 43.9 Å². The number of rotatable bonds is 2. The molecule has 2 aliphatic carbocycles.